The number of hydrogen-bond donors (Lipinski definition) is 0. The minimum absolute atomic E-state index is 0.00371. The molecular formula is C14H14O6. The largest absolute Gasteiger partial charge is 0.490 e. The highest BCUT2D eigenvalue weighted by molar-refractivity contribution is 5.86. The van der Waals surface area contributed by atoms with E-state index in [1.807, 2.05) is 0 Å². The Morgan fingerprint density at radius 3 is 2.70 bits per heavy atom. The van der Waals surface area contributed by atoms with Crippen LogP contribution in [0.2, 0.25) is 0 Å². The predicted octanol–water partition coefficient (Wildman–Crippen LogP) is 1.53. The molecule has 1 aromatic carbocycles. The summed E-state index contributed by atoms with van der Waals surface area (Å²) < 4.78 is 14.8. The van der Waals surface area contributed by atoms with Crippen molar-refractivity contribution < 1.29 is 28.6 Å². The summed E-state index contributed by atoms with van der Waals surface area (Å²) in [6.07, 6.45) is 1.47. The second-order valence-electron chi connectivity index (χ2n) is 3.51. The molecule has 0 N–H and O–H groups in total. The van der Waals surface area contributed by atoms with E-state index >= 15 is 0 Å². The Kier molecular flexibility index (Phi) is 5.96. The van der Waals surface area contributed by atoms with Gasteiger partial charge in [-0.1, -0.05) is 12.6 Å². The Bertz CT molecular complexity index is 520. The Morgan fingerprint density at radius 1 is 1.35 bits per heavy atom. The molecule has 6 nitrogen and oxygen atoms in total. The van der Waals surface area contributed by atoms with Gasteiger partial charge in [0, 0.05) is 6.08 Å². The number of aldehydes is 1. The Morgan fingerprint density at radius 2 is 2.10 bits per heavy atom. The number of esters is 2. The smallest absolute Gasteiger partial charge is 0.349 e. The standard InChI is InChI=1S/C14H14O6/c1-3-12(16)19-9-13(17)20-14-10(8-15)6-5-7-11(14)18-4-2/h3,5-8H,1,4,9H2,2H3. The van der Waals surface area contributed by atoms with E-state index in [0.29, 0.717) is 12.9 Å². The van der Waals surface area contributed by atoms with E-state index in [2.05, 4.69) is 11.3 Å². The second-order valence-corrected chi connectivity index (χ2v) is 3.51. The van der Waals surface area contributed by atoms with E-state index in [-0.39, 0.29) is 17.1 Å². The van der Waals surface area contributed by atoms with Crippen molar-refractivity contribution in [3.8, 4) is 11.5 Å². The van der Waals surface area contributed by atoms with Gasteiger partial charge in [0.1, 0.15) is 0 Å². The third kappa shape index (κ3) is 4.24. The van der Waals surface area contributed by atoms with Gasteiger partial charge in [-0.15, -0.1) is 0 Å². The molecule has 1 rings (SSSR count). The normalized spacial score (nSPS) is 9.45. The highest BCUT2D eigenvalue weighted by Crippen LogP contribution is 2.30. The van der Waals surface area contributed by atoms with Gasteiger partial charge in [-0.2, -0.15) is 0 Å². The van der Waals surface area contributed by atoms with Crippen molar-refractivity contribution in [1.82, 2.24) is 0 Å². The van der Waals surface area contributed by atoms with Crippen molar-refractivity contribution in [2.24, 2.45) is 0 Å². The number of ether oxygens (including phenoxy) is 3. The molecule has 0 unspecified atom stereocenters. The van der Waals surface area contributed by atoms with Crippen LogP contribution in [0.15, 0.2) is 30.9 Å². The molecule has 106 valence electrons. The van der Waals surface area contributed by atoms with Crippen LogP contribution >= 0.6 is 0 Å². The first-order valence-corrected chi connectivity index (χ1v) is 5.83. The van der Waals surface area contributed by atoms with Crippen molar-refractivity contribution in [3.05, 3.63) is 36.4 Å². The molecule has 0 saturated carbocycles. The van der Waals surface area contributed by atoms with E-state index in [1.165, 1.54) is 6.07 Å². The molecular weight excluding hydrogens is 264 g/mol. The first-order chi connectivity index (χ1) is 9.62. The molecule has 20 heavy (non-hydrogen) atoms. The quantitative estimate of drug-likeness (QED) is 0.326. The first kappa shape index (κ1) is 15.4. The highest BCUT2D eigenvalue weighted by Gasteiger charge is 2.15. The maximum Gasteiger partial charge on any atom is 0.349 e. The zero-order chi connectivity index (χ0) is 15.0. The van der Waals surface area contributed by atoms with Gasteiger partial charge in [0.05, 0.1) is 12.2 Å². The molecule has 0 saturated heterocycles. The van der Waals surface area contributed by atoms with E-state index in [1.54, 1.807) is 19.1 Å². The maximum absolute atomic E-state index is 11.6. The SMILES string of the molecule is C=CC(=O)OCC(=O)Oc1c(C=O)cccc1OCC. The summed E-state index contributed by atoms with van der Waals surface area (Å²) in [6, 6.07) is 4.65. The van der Waals surface area contributed by atoms with Gasteiger partial charge in [0.25, 0.3) is 0 Å². The van der Waals surface area contributed by atoms with Crippen molar-refractivity contribution in [2.45, 2.75) is 6.92 Å². The molecule has 0 aliphatic carbocycles. The van der Waals surface area contributed by atoms with E-state index in [4.69, 9.17) is 9.47 Å². The fourth-order valence-electron chi connectivity index (χ4n) is 1.34. The minimum atomic E-state index is -0.824. The topological polar surface area (TPSA) is 78.9 Å². The van der Waals surface area contributed by atoms with Crippen LogP contribution < -0.4 is 9.47 Å². The van der Waals surface area contributed by atoms with Crippen LogP contribution in [0, 0.1) is 0 Å². The summed E-state index contributed by atoms with van der Waals surface area (Å²) in [6.45, 7) is 4.72. The monoisotopic (exact) mass is 278 g/mol. The number of carbonyl (C=O) groups excluding carboxylic acids is 3. The third-order valence-electron chi connectivity index (χ3n) is 2.15. The fourth-order valence-corrected chi connectivity index (χ4v) is 1.34. The predicted molar refractivity (Wildman–Crippen MR) is 69.8 cm³/mol. The van der Waals surface area contributed by atoms with Crippen LogP contribution in [-0.4, -0.2) is 31.4 Å². The zero-order valence-corrected chi connectivity index (χ0v) is 11.0. The molecule has 1 aromatic rings. The summed E-state index contributed by atoms with van der Waals surface area (Å²) >= 11 is 0. The van der Waals surface area contributed by atoms with Gasteiger partial charge in [-0.3, -0.25) is 4.79 Å². The lowest BCUT2D eigenvalue weighted by Gasteiger charge is -2.12. The first-order valence-electron chi connectivity index (χ1n) is 5.83. The molecule has 0 aliphatic rings. The molecule has 0 spiro atoms. The number of para-hydroxylation sites is 1. The van der Waals surface area contributed by atoms with Crippen molar-refractivity contribution in [2.75, 3.05) is 13.2 Å². The molecule has 0 aliphatic heterocycles. The Labute approximate surface area is 115 Å². The van der Waals surface area contributed by atoms with Gasteiger partial charge in [0.15, 0.2) is 24.4 Å². The molecule has 0 amide bonds. The van der Waals surface area contributed by atoms with E-state index in [0.717, 1.165) is 6.08 Å². The number of benzene rings is 1. The summed E-state index contributed by atoms with van der Waals surface area (Å²) in [5, 5.41) is 0. The third-order valence-corrected chi connectivity index (χ3v) is 2.15. The fraction of sp³-hybridized carbons (Fsp3) is 0.214. The average molecular weight is 278 g/mol. The van der Waals surface area contributed by atoms with E-state index < -0.39 is 18.5 Å². The summed E-state index contributed by atoms with van der Waals surface area (Å²) in [4.78, 5) is 33.3. The van der Waals surface area contributed by atoms with Crippen molar-refractivity contribution in [1.29, 1.82) is 0 Å². The minimum Gasteiger partial charge on any atom is -0.490 e. The van der Waals surface area contributed by atoms with Crippen molar-refractivity contribution in [3.63, 3.8) is 0 Å². The van der Waals surface area contributed by atoms with Crippen LogP contribution in [0.3, 0.4) is 0 Å². The molecule has 0 aromatic heterocycles. The van der Waals surface area contributed by atoms with Crippen LogP contribution in [0.4, 0.5) is 0 Å². The Balaban J connectivity index is 2.83. The average Bonchev–Trinajstić information content (AvgIpc) is 2.46. The number of hydrogen-bond acceptors (Lipinski definition) is 6. The Hall–Kier alpha value is -2.63. The van der Waals surface area contributed by atoms with Crippen LogP contribution in [0.1, 0.15) is 17.3 Å². The second kappa shape index (κ2) is 7.73. The van der Waals surface area contributed by atoms with Gasteiger partial charge < -0.3 is 14.2 Å². The summed E-state index contributed by atoms with van der Waals surface area (Å²) in [5.41, 5.74) is 0.166. The molecule has 0 atom stereocenters. The molecule has 0 heterocycles. The van der Waals surface area contributed by atoms with Crippen molar-refractivity contribution >= 4 is 18.2 Å². The number of rotatable bonds is 7. The lowest BCUT2D eigenvalue weighted by Crippen LogP contribution is -2.19. The van der Waals surface area contributed by atoms with Crippen LogP contribution in [0.25, 0.3) is 0 Å². The summed E-state index contributed by atoms with van der Waals surface area (Å²) in [5.74, 6) is -1.30. The van der Waals surface area contributed by atoms with Gasteiger partial charge in [-0.05, 0) is 19.1 Å². The van der Waals surface area contributed by atoms with Crippen LogP contribution in [-0.2, 0) is 14.3 Å². The molecule has 6 heteroatoms. The summed E-state index contributed by atoms with van der Waals surface area (Å²) in [7, 11) is 0. The molecule has 0 fully saturated rings. The van der Waals surface area contributed by atoms with Gasteiger partial charge >= 0.3 is 11.9 Å². The highest BCUT2D eigenvalue weighted by atomic mass is 16.6. The zero-order valence-electron chi connectivity index (χ0n) is 11.0. The maximum atomic E-state index is 11.6. The van der Waals surface area contributed by atoms with Gasteiger partial charge in [-0.25, -0.2) is 9.59 Å². The van der Waals surface area contributed by atoms with E-state index in [9.17, 15) is 14.4 Å². The van der Waals surface area contributed by atoms with Gasteiger partial charge in [0.2, 0.25) is 0 Å². The lowest BCUT2D eigenvalue weighted by molar-refractivity contribution is -0.150. The van der Waals surface area contributed by atoms with Crippen LogP contribution in [0.5, 0.6) is 11.5 Å². The molecule has 0 radical (unpaired) electrons. The number of carbonyl (C=O) groups is 3. The lowest BCUT2D eigenvalue weighted by atomic mass is 10.2. The molecule has 0 bridgehead atoms.